The molecule has 0 aliphatic carbocycles. The van der Waals surface area contributed by atoms with Crippen LogP contribution in [0.25, 0.3) is 11.0 Å². The predicted octanol–water partition coefficient (Wildman–Crippen LogP) is 1.76. The third-order valence-electron chi connectivity index (χ3n) is 2.73. The van der Waals surface area contributed by atoms with Crippen LogP contribution in [0.15, 0.2) is 12.3 Å². The van der Waals surface area contributed by atoms with Crippen molar-refractivity contribution in [3.63, 3.8) is 0 Å². The number of aliphatic hydroxyl groups is 1. The summed E-state index contributed by atoms with van der Waals surface area (Å²) in [7, 11) is 2.00. The molecule has 2 aromatic heterocycles. The minimum atomic E-state index is -0.119. The fourth-order valence-electron chi connectivity index (χ4n) is 1.94. The molecule has 2 aromatic rings. The lowest BCUT2D eigenvalue weighted by Gasteiger charge is -2.19. The number of hydrogen-bond donors (Lipinski definition) is 1. The molecule has 0 amide bonds. The maximum atomic E-state index is 9.02. The molecular formula is C12H17N3O. The van der Waals surface area contributed by atoms with Crippen LogP contribution >= 0.6 is 0 Å². The molecule has 0 saturated heterocycles. The lowest BCUT2D eigenvalue weighted by Crippen LogP contribution is -2.15. The van der Waals surface area contributed by atoms with Gasteiger partial charge in [-0.25, -0.2) is 9.97 Å². The maximum absolute atomic E-state index is 9.02. The fourth-order valence-corrected chi connectivity index (χ4v) is 1.94. The first-order valence-corrected chi connectivity index (χ1v) is 5.36. The topological polar surface area (TPSA) is 50.9 Å². The molecule has 0 saturated carbocycles. The van der Waals surface area contributed by atoms with Crippen molar-refractivity contribution in [2.75, 3.05) is 0 Å². The summed E-state index contributed by atoms with van der Waals surface area (Å²) in [4.78, 5) is 8.42. The normalized spacial score (nSPS) is 12.3. The Morgan fingerprint density at radius 1 is 1.38 bits per heavy atom. The van der Waals surface area contributed by atoms with E-state index in [1.165, 1.54) is 5.69 Å². The lowest BCUT2D eigenvalue weighted by molar-refractivity contribution is 0.271. The van der Waals surface area contributed by atoms with Crippen LogP contribution in [0, 0.1) is 0 Å². The summed E-state index contributed by atoms with van der Waals surface area (Å²) in [5, 5.41) is 10.0. The van der Waals surface area contributed by atoms with Gasteiger partial charge in [0.05, 0.1) is 0 Å². The Labute approximate surface area is 95.0 Å². The van der Waals surface area contributed by atoms with Gasteiger partial charge in [0.25, 0.3) is 0 Å². The summed E-state index contributed by atoms with van der Waals surface area (Å²) in [6.07, 6.45) is 1.77. The summed E-state index contributed by atoms with van der Waals surface area (Å²) >= 11 is 0. The fraction of sp³-hybridized carbons (Fsp3) is 0.500. The van der Waals surface area contributed by atoms with Crippen LogP contribution in [-0.2, 0) is 19.1 Å². The quantitative estimate of drug-likeness (QED) is 0.795. The Morgan fingerprint density at radius 2 is 2.06 bits per heavy atom. The number of aryl methyl sites for hydroxylation is 1. The van der Waals surface area contributed by atoms with Crippen molar-refractivity contribution < 1.29 is 5.11 Å². The van der Waals surface area contributed by atoms with E-state index in [4.69, 9.17) is 5.11 Å². The van der Waals surface area contributed by atoms with E-state index in [0.29, 0.717) is 5.82 Å². The molecule has 16 heavy (non-hydrogen) atoms. The van der Waals surface area contributed by atoms with Crippen LogP contribution in [0.3, 0.4) is 0 Å². The van der Waals surface area contributed by atoms with Gasteiger partial charge in [-0.3, -0.25) is 0 Å². The van der Waals surface area contributed by atoms with E-state index >= 15 is 0 Å². The first kappa shape index (κ1) is 11.1. The first-order chi connectivity index (χ1) is 7.43. The van der Waals surface area contributed by atoms with E-state index in [1.807, 2.05) is 7.05 Å². The summed E-state index contributed by atoms with van der Waals surface area (Å²) in [5.41, 5.74) is 2.17. The number of hydrogen-bond acceptors (Lipinski definition) is 3. The molecule has 0 radical (unpaired) electrons. The van der Waals surface area contributed by atoms with Crippen molar-refractivity contribution in [1.29, 1.82) is 0 Å². The van der Waals surface area contributed by atoms with Gasteiger partial charge in [-0.15, -0.1) is 0 Å². The van der Waals surface area contributed by atoms with Crippen molar-refractivity contribution in [3.05, 3.63) is 23.8 Å². The summed E-state index contributed by atoms with van der Waals surface area (Å²) in [6, 6.07) is 2.11. The average molecular weight is 219 g/mol. The van der Waals surface area contributed by atoms with Gasteiger partial charge in [-0.1, -0.05) is 20.8 Å². The van der Waals surface area contributed by atoms with E-state index in [1.54, 1.807) is 6.20 Å². The number of aromatic nitrogens is 3. The maximum Gasteiger partial charge on any atom is 0.156 e. The van der Waals surface area contributed by atoms with Crippen molar-refractivity contribution in [3.8, 4) is 0 Å². The number of fused-ring (bicyclic) bond motifs is 1. The van der Waals surface area contributed by atoms with E-state index in [2.05, 4.69) is 41.4 Å². The second-order valence-corrected chi connectivity index (χ2v) is 5.06. The summed E-state index contributed by atoms with van der Waals surface area (Å²) in [5.74, 6) is 0.467. The third kappa shape index (κ3) is 1.69. The van der Waals surface area contributed by atoms with E-state index < -0.39 is 0 Å². The Morgan fingerprint density at radius 3 is 2.62 bits per heavy atom. The van der Waals surface area contributed by atoms with E-state index in [0.717, 1.165) is 11.0 Å². The standard InChI is InChI=1S/C12H17N3O/c1-12(2,3)9-5-8-6-13-10(7-16)14-11(8)15(9)4/h5-6,16H,7H2,1-4H3. The smallest absolute Gasteiger partial charge is 0.156 e. The highest BCUT2D eigenvalue weighted by atomic mass is 16.3. The Hall–Kier alpha value is -1.42. The Kier molecular flexibility index (Phi) is 2.46. The highest BCUT2D eigenvalue weighted by molar-refractivity contribution is 5.76. The minimum absolute atomic E-state index is 0.0782. The van der Waals surface area contributed by atoms with Gasteiger partial charge in [-0.05, 0) is 6.07 Å². The zero-order chi connectivity index (χ0) is 11.9. The average Bonchev–Trinajstić information content (AvgIpc) is 2.55. The monoisotopic (exact) mass is 219 g/mol. The largest absolute Gasteiger partial charge is 0.388 e. The number of nitrogens with zero attached hydrogens (tertiary/aromatic N) is 3. The molecule has 0 atom stereocenters. The van der Waals surface area contributed by atoms with Crippen molar-refractivity contribution in [2.24, 2.45) is 7.05 Å². The van der Waals surface area contributed by atoms with Gasteiger partial charge in [0.1, 0.15) is 12.3 Å². The third-order valence-corrected chi connectivity index (χ3v) is 2.73. The van der Waals surface area contributed by atoms with Crippen molar-refractivity contribution in [1.82, 2.24) is 14.5 Å². The molecule has 0 spiro atoms. The van der Waals surface area contributed by atoms with Gasteiger partial charge < -0.3 is 9.67 Å². The van der Waals surface area contributed by atoms with Crippen LogP contribution in [0.4, 0.5) is 0 Å². The van der Waals surface area contributed by atoms with E-state index in [-0.39, 0.29) is 12.0 Å². The van der Waals surface area contributed by atoms with Gasteiger partial charge in [-0.2, -0.15) is 0 Å². The number of aliphatic hydroxyl groups excluding tert-OH is 1. The molecule has 0 bridgehead atoms. The zero-order valence-corrected chi connectivity index (χ0v) is 10.2. The van der Waals surface area contributed by atoms with Gasteiger partial charge >= 0.3 is 0 Å². The van der Waals surface area contributed by atoms with Crippen LogP contribution in [0.5, 0.6) is 0 Å². The molecule has 4 nitrogen and oxygen atoms in total. The van der Waals surface area contributed by atoms with Crippen LogP contribution in [-0.4, -0.2) is 19.6 Å². The second kappa shape index (κ2) is 3.56. The molecule has 2 rings (SSSR count). The summed E-state index contributed by atoms with van der Waals surface area (Å²) < 4.78 is 2.07. The molecule has 86 valence electrons. The molecule has 0 unspecified atom stereocenters. The molecule has 0 aliphatic heterocycles. The second-order valence-electron chi connectivity index (χ2n) is 5.06. The molecule has 0 fully saturated rings. The van der Waals surface area contributed by atoms with Crippen LogP contribution in [0.2, 0.25) is 0 Å². The highest BCUT2D eigenvalue weighted by Gasteiger charge is 2.19. The Bertz CT molecular complexity index is 523. The number of rotatable bonds is 1. The molecular weight excluding hydrogens is 202 g/mol. The first-order valence-electron chi connectivity index (χ1n) is 5.36. The zero-order valence-electron chi connectivity index (χ0n) is 10.2. The lowest BCUT2D eigenvalue weighted by atomic mass is 9.92. The van der Waals surface area contributed by atoms with Gasteiger partial charge in [0.15, 0.2) is 5.82 Å². The molecule has 4 heteroatoms. The molecule has 2 heterocycles. The van der Waals surface area contributed by atoms with Crippen molar-refractivity contribution >= 4 is 11.0 Å². The molecule has 0 aliphatic rings. The highest BCUT2D eigenvalue weighted by Crippen LogP contribution is 2.27. The minimum Gasteiger partial charge on any atom is -0.388 e. The van der Waals surface area contributed by atoms with Gasteiger partial charge in [0.2, 0.25) is 0 Å². The molecule has 0 aromatic carbocycles. The van der Waals surface area contributed by atoms with Crippen LogP contribution in [0.1, 0.15) is 32.3 Å². The van der Waals surface area contributed by atoms with Crippen LogP contribution < -0.4 is 0 Å². The summed E-state index contributed by atoms with van der Waals surface area (Å²) in [6.45, 7) is 6.39. The Balaban J connectivity index is 2.69. The van der Waals surface area contributed by atoms with Crippen molar-refractivity contribution in [2.45, 2.75) is 32.8 Å². The van der Waals surface area contributed by atoms with E-state index in [9.17, 15) is 0 Å². The predicted molar refractivity (Wildman–Crippen MR) is 63.1 cm³/mol. The van der Waals surface area contributed by atoms with Gasteiger partial charge in [0, 0.05) is 29.7 Å². The molecule has 1 N–H and O–H groups in total. The SMILES string of the molecule is Cn1c(C(C)(C)C)cc2cnc(CO)nc21.